The van der Waals surface area contributed by atoms with Crippen molar-refractivity contribution in [1.82, 2.24) is 0 Å². The van der Waals surface area contributed by atoms with Crippen LogP contribution in [0, 0.1) is 24.0 Å². The van der Waals surface area contributed by atoms with Gasteiger partial charge in [-0.05, 0) is 48.2 Å². The lowest BCUT2D eigenvalue weighted by molar-refractivity contribution is -0.385. The Kier molecular flexibility index (Phi) is 5.13. The fourth-order valence-corrected chi connectivity index (χ4v) is 2.56. The average molecular weight is 313 g/mol. The number of non-ortho nitro benzene ring substituents is 1. The van der Waals surface area contributed by atoms with Gasteiger partial charge in [0.25, 0.3) is 5.69 Å². The van der Waals surface area contributed by atoms with Gasteiger partial charge in [0.15, 0.2) is 0 Å². The normalized spacial score (nSPS) is 11.8. The Hall–Kier alpha value is -2.66. The molecule has 120 valence electrons. The van der Waals surface area contributed by atoms with E-state index in [-0.39, 0.29) is 5.69 Å². The van der Waals surface area contributed by atoms with Crippen molar-refractivity contribution in [2.24, 2.45) is 0 Å². The van der Waals surface area contributed by atoms with Crippen molar-refractivity contribution in [3.8, 4) is 5.75 Å². The van der Waals surface area contributed by atoms with E-state index < -0.39 is 11.0 Å². The van der Waals surface area contributed by atoms with E-state index in [1.54, 1.807) is 44.2 Å². The van der Waals surface area contributed by atoms with Gasteiger partial charge in [-0.3, -0.25) is 10.1 Å². The number of hydrogen-bond donors (Lipinski definition) is 1. The fourth-order valence-electron chi connectivity index (χ4n) is 2.56. The number of nitro benzene ring substituents is 1. The van der Waals surface area contributed by atoms with Crippen molar-refractivity contribution in [2.45, 2.75) is 20.0 Å². The van der Waals surface area contributed by atoms with Gasteiger partial charge in [0.05, 0.1) is 4.92 Å². The van der Waals surface area contributed by atoms with Crippen molar-refractivity contribution >= 4 is 5.69 Å². The Bertz CT molecular complexity index is 699. The number of aryl methyl sites for hydroxylation is 2. The summed E-state index contributed by atoms with van der Waals surface area (Å²) in [6, 6.07) is 10.1. The Morgan fingerprint density at radius 2 is 1.83 bits per heavy atom. The summed E-state index contributed by atoms with van der Waals surface area (Å²) in [4.78, 5) is 10.5. The lowest BCUT2D eigenvalue weighted by atomic mass is 9.93. The number of hydrogen-bond acceptors (Lipinski definition) is 4. The van der Waals surface area contributed by atoms with E-state index in [9.17, 15) is 15.2 Å². The van der Waals surface area contributed by atoms with E-state index in [2.05, 4.69) is 6.58 Å². The standard InChI is InChI=1S/C18H19NO4/c1-4-9-23-16-7-5-14(6-8-16)18(20)17-12(2)10-15(19(21)22)11-13(17)3/h4-8,10-11,18,20H,1,9H2,2-3H3. The predicted octanol–water partition coefficient (Wildman–Crippen LogP) is 3.86. The van der Waals surface area contributed by atoms with E-state index >= 15 is 0 Å². The van der Waals surface area contributed by atoms with Crippen molar-refractivity contribution in [1.29, 1.82) is 0 Å². The van der Waals surface area contributed by atoms with Crippen molar-refractivity contribution in [2.75, 3.05) is 6.61 Å². The summed E-state index contributed by atoms with van der Waals surface area (Å²) in [5, 5.41) is 21.5. The molecule has 0 saturated carbocycles. The molecular formula is C18H19NO4. The van der Waals surface area contributed by atoms with Gasteiger partial charge in [0, 0.05) is 12.1 Å². The molecule has 0 aliphatic carbocycles. The second-order valence-electron chi connectivity index (χ2n) is 5.32. The van der Waals surface area contributed by atoms with E-state index in [4.69, 9.17) is 4.74 Å². The summed E-state index contributed by atoms with van der Waals surface area (Å²) >= 11 is 0. The van der Waals surface area contributed by atoms with Crippen LogP contribution in [0.25, 0.3) is 0 Å². The van der Waals surface area contributed by atoms with Crippen LogP contribution in [0.15, 0.2) is 49.1 Å². The Morgan fingerprint density at radius 1 is 1.26 bits per heavy atom. The van der Waals surface area contributed by atoms with Gasteiger partial charge < -0.3 is 9.84 Å². The van der Waals surface area contributed by atoms with Crippen LogP contribution in [-0.2, 0) is 0 Å². The second-order valence-corrected chi connectivity index (χ2v) is 5.32. The van der Waals surface area contributed by atoms with Crippen LogP contribution in [0.4, 0.5) is 5.69 Å². The average Bonchev–Trinajstić information content (AvgIpc) is 2.52. The third kappa shape index (κ3) is 3.76. The van der Waals surface area contributed by atoms with Crippen LogP contribution in [0.2, 0.25) is 0 Å². The third-order valence-corrected chi connectivity index (χ3v) is 3.63. The molecule has 0 aromatic heterocycles. The quantitative estimate of drug-likeness (QED) is 0.499. The molecule has 1 unspecified atom stereocenters. The Morgan fingerprint density at radius 3 is 2.30 bits per heavy atom. The summed E-state index contributed by atoms with van der Waals surface area (Å²) in [6.07, 6.45) is 0.816. The zero-order valence-corrected chi connectivity index (χ0v) is 13.2. The van der Waals surface area contributed by atoms with Crippen molar-refractivity contribution in [3.63, 3.8) is 0 Å². The maximum absolute atomic E-state index is 10.9. The lowest BCUT2D eigenvalue weighted by Gasteiger charge is -2.17. The van der Waals surface area contributed by atoms with E-state index in [0.717, 1.165) is 0 Å². The summed E-state index contributed by atoms with van der Waals surface area (Å²) in [5.74, 6) is 0.693. The molecular weight excluding hydrogens is 294 g/mol. The van der Waals surface area contributed by atoms with Gasteiger partial charge in [-0.1, -0.05) is 24.8 Å². The third-order valence-electron chi connectivity index (χ3n) is 3.63. The van der Waals surface area contributed by atoms with Crippen LogP contribution in [-0.4, -0.2) is 16.6 Å². The highest BCUT2D eigenvalue weighted by Crippen LogP contribution is 2.31. The molecule has 2 aromatic carbocycles. The molecule has 0 amide bonds. The predicted molar refractivity (Wildman–Crippen MR) is 88.8 cm³/mol. The summed E-state index contributed by atoms with van der Waals surface area (Å²) in [5.41, 5.74) is 2.81. The first-order valence-corrected chi connectivity index (χ1v) is 7.21. The van der Waals surface area contributed by atoms with Gasteiger partial charge in [0.2, 0.25) is 0 Å². The zero-order valence-electron chi connectivity index (χ0n) is 13.2. The van der Waals surface area contributed by atoms with Crippen LogP contribution in [0.1, 0.15) is 28.4 Å². The summed E-state index contributed by atoms with van der Waals surface area (Å²) in [6.45, 7) is 7.53. The molecule has 0 heterocycles. The van der Waals surface area contributed by atoms with Gasteiger partial charge >= 0.3 is 0 Å². The first kappa shape index (κ1) is 16.7. The summed E-state index contributed by atoms with van der Waals surface area (Å²) < 4.78 is 5.41. The van der Waals surface area contributed by atoms with Crippen LogP contribution >= 0.6 is 0 Å². The number of nitro groups is 1. The Labute approximate surface area is 135 Å². The second kappa shape index (κ2) is 7.07. The van der Waals surface area contributed by atoms with E-state index in [1.165, 1.54) is 12.1 Å². The fraction of sp³-hybridized carbons (Fsp3) is 0.222. The molecule has 0 fully saturated rings. The van der Waals surface area contributed by atoms with Crippen LogP contribution in [0.5, 0.6) is 5.75 Å². The summed E-state index contributed by atoms with van der Waals surface area (Å²) in [7, 11) is 0. The lowest BCUT2D eigenvalue weighted by Crippen LogP contribution is -2.06. The molecule has 0 aliphatic heterocycles. The van der Waals surface area contributed by atoms with E-state index in [0.29, 0.717) is 34.6 Å². The maximum Gasteiger partial charge on any atom is 0.269 e. The highest BCUT2D eigenvalue weighted by atomic mass is 16.6. The first-order chi connectivity index (χ1) is 10.9. The SMILES string of the molecule is C=CCOc1ccc(C(O)c2c(C)cc([N+](=O)[O-])cc2C)cc1. The molecule has 23 heavy (non-hydrogen) atoms. The number of aliphatic hydroxyl groups excluding tert-OH is 1. The molecule has 5 nitrogen and oxygen atoms in total. The molecule has 0 aliphatic rings. The molecule has 0 saturated heterocycles. The Balaban J connectivity index is 2.31. The minimum Gasteiger partial charge on any atom is -0.490 e. The minimum absolute atomic E-state index is 0.0316. The molecule has 1 N–H and O–H groups in total. The zero-order chi connectivity index (χ0) is 17.0. The largest absolute Gasteiger partial charge is 0.490 e. The van der Waals surface area contributed by atoms with Crippen molar-refractivity contribution < 1.29 is 14.8 Å². The van der Waals surface area contributed by atoms with Gasteiger partial charge in [-0.25, -0.2) is 0 Å². The minimum atomic E-state index is -0.843. The molecule has 1 atom stereocenters. The highest BCUT2D eigenvalue weighted by molar-refractivity contribution is 5.48. The molecule has 5 heteroatoms. The van der Waals surface area contributed by atoms with Crippen LogP contribution in [0.3, 0.4) is 0 Å². The molecule has 0 spiro atoms. The van der Waals surface area contributed by atoms with Gasteiger partial charge in [-0.2, -0.15) is 0 Å². The molecule has 0 bridgehead atoms. The van der Waals surface area contributed by atoms with Crippen LogP contribution < -0.4 is 4.74 Å². The number of ether oxygens (including phenoxy) is 1. The topological polar surface area (TPSA) is 72.6 Å². The smallest absolute Gasteiger partial charge is 0.269 e. The number of nitrogens with zero attached hydrogens (tertiary/aromatic N) is 1. The van der Waals surface area contributed by atoms with Gasteiger partial charge in [0.1, 0.15) is 18.5 Å². The van der Waals surface area contributed by atoms with Gasteiger partial charge in [-0.15, -0.1) is 0 Å². The highest BCUT2D eigenvalue weighted by Gasteiger charge is 2.19. The number of rotatable bonds is 6. The molecule has 2 rings (SSSR count). The number of benzene rings is 2. The van der Waals surface area contributed by atoms with E-state index in [1.807, 2.05) is 0 Å². The van der Waals surface area contributed by atoms with Crippen molar-refractivity contribution in [3.05, 3.63) is 81.4 Å². The number of aliphatic hydroxyl groups is 1. The first-order valence-electron chi connectivity index (χ1n) is 7.21. The molecule has 0 radical (unpaired) electrons. The maximum atomic E-state index is 10.9. The molecule has 2 aromatic rings. The monoisotopic (exact) mass is 313 g/mol.